The number of rotatable bonds is 10. The number of benzene rings is 2. The van der Waals surface area contributed by atoms with Crippen LogP contribution >= 0.6 is 0 Å². The van der Waals surface area contributed by atoms with Gasteiger partial charge in [-0.15, -0.1) is 0 Å². The molecule has 0 bridgehead atoms. The lowest BCUT2D eigenvalue weighted by Crippen LogP contribution is -2.45. The molecule has 2 amide bonds. The van der Waals surface area contributed by atoms with E-state index in [2.05, 4.69) is 31.3 Å². The minimum atomic E-state index is -0.545. The van der Waals surface area contributed by atoms with Crippen LogP contribution in [0.1, 0.15) is 69.1 Å². The second-order valence-corrected chi connectivity index (χ2v) is 9.76. The zero-order chi connectivity index (χ0) is 24.6. The summed E-state index contributed by atoms with van der Waals surface area (Å²) in [5.41, 5.74) is 2.72. The van der Waals surface area contributed by atoms with Gasteiger partial charge in [0.15, 0.2) is 0 Å². The van der Waals surface area contributed by atoms with Crippen LogP contribution in [0.15, 0.2) is 54.6 Å². The maximum absolute atomic E-state index is 13.0. The molecule has 0 aromatic heterocycles. The molecule has 3 rings (SSSR count). The highest BCUT2D eigenvalue weighted by atomic mass is 16.2. The van der Waals surface area contributed by atoms with E-state index in [1.54, 1.807) is 4.90 Å². The molecular weight excluding hydrogens is 422 g/mol. The fourth-order valence-corrected chi connectivity index (χ4v) is 5.04. The topological polar surface area (TPSA) is 73.2 Å². The predicted molar refractivity (Wildman–Crippen MR) is 135 cm³/mol. The van der Waals surface area contributed by atoms with Gasteiger partial charge in [0, 0.05) is 19.5 Å². The van der Waals surface area contributed by atoms with Gasteiger partial charge < -0.3 is 10.2 Å². The van der Waals surface area contributed by atoms with Crippen LogP contribution < -0.4 is 5.32 Å². The van der Waals surface area contributed by atoms with Crippen molar-refractivity contribution in [2.75, 3.05) is 6.54 Å². The lowest BCUT2D eigenvalue weighted by molar-refractivity contribution is -0.138. The molecule has 0 spiro atoms. The van der Waals surface area contributed by atoms with Crippen molar-refractivity contribution in [3.05, 3.63) is 71.3 Å². The minimum absolute atomic E-state index is 0.0417. The number of aryl methyl sites for hydroxylation is 1. The van der Waals surface area contributed by atoms with Gasteiger partial charge >= 0.3 is 0 Å². The number of nitrogens with one attached hydrogen (secondary N) is 1. The van der Waals surface area contributed by atoms with E-state index in [-0.39, 0.29) is 23.8 Å². The van der Waals surface area contributed by atoms with Gasteiger partial charge in [-0.25, -0.2) is 0 Å². The lowest BCUT2D eigenvalue weighted by Gasteiger charge is -2.31. The molecule has 5 nitrogen and oxygen atoms in total. The third-order valence-corrected chi connectivity index (χ3v) is 7.11. The van der Waals surface area contributed by atoms with Crippen LogP contribution in [-0.2, 0) is 21.5 Å². The molecule has 5 heteroatoms. The number of nitriles is 1. The lowest BCUT2D eigenvalue weighted by atomic mass is 9.69. The fraction of sp³-hybridized carbons (Fsp3) is 0.483. The summed E-state index contributed by atoms with van der Waals surface area (Å²) in [5.74, 6) is 0.149. The van der Waals surface area contributed by atoms with Crippen molar-refractivity contribution < 1.29 is 9.59 Å². The zero-order valence-corrected chi connectivity index (χ0v) is 20.7. The molecule has 1 N–H and O–H groups in total. The summed E-state index contributed by atoms with van der Waals surface area (Å²) in [7, 11) is 0. The Morgan fingerprint density at radius 2 is 1.91 bits per heavy atom. The molecule has 2 aromatic carbocycles. The Morgan fingerprint density at radius 1 is 1.15 bits per heavy atom. The van der Waals surface area contributed by atoms with Crippen molar-refractivity contribution in [3.8, 4) is 6.07 Å². The summed E-state index contributed by atoms with van der Waals surface area (Å²) >= 11 is 0. The van der Waals surface area contributed by atoms with Crippen LogP contribution in [0.2, 0.25) is 0 Å². The fourth-order valence-electron chi connectivity index (χ4n) is 5.04. The number of carbonyl (C=O) groups excluding carboxylic acids is 2. The highest BCUT2D eigenvalue weighted by Crippen LogP contribution is 2.37. The Kier molecular flexibility index (Phi) is 8.87. The summed E-state index contributed by atoms with van der Waals surface area (Å²) in [5, 5.41) is 13.1. The second-order valence-electron chi connectivity index (χ2n) is 9.76. The van der Waals surface area contributed by atoms with Gasteiger partial charge in [0.05, 0.1) is 11.5 Å². The Balaban J connectivity index is 1.51. The second kappa shape index (κ2) is 11.8. The van der Waals surface area contributed by atoms with Gasteiger partial charge in [0.2, 0.25) is 11.8 Å². The summed E-state index contributed by atoms with van der Waals surface area (Å²) < 4.78 is 0. The Bertz CT molecular complexity index is 1010. The van der Waals surface area contributed by atoms with E-state index >= 15 is 0 Å². The first-order valence-electron chi connectivity index (χ1n) is 12.5. The predicted octanol–water partition coefficient (Wildman–Crippen LogP) is 5.28. The molecule has 1 aliphatic heterocycles. The molecular formula is C29H37N3O2. The number of nitrogens with zero attached hydrogens (tertiary/aromatic N) is 2. The Hall–Kier alpha value is -3.13. The van der Waals surface area contributed by atoms with Gasteiger partial charge in [0.1, 0.15) is 6.04 Å². The van der Waals surface area contributed by atoms with Crippen molar-refractivity contribution in [1.82, 2.24) is 10.2 Å². The van der Waals surface area contributed by atoms with E-state index < -0.39 is 5.41 Å². The molecule has 0 unspecified atom stereocenters. The largest absolute Gasteiger partial charge is 0.350 e. The van der Waals surface area contributed by atoms with E-state index in [1.807, 2.05) is 55.5 Å². The molecule has 1 fully saturated rings. The quantitative estimate of drug-likeness (QED) is 0.491. The van der Waals surface area contributed by atoms with Gasteiger partial charge in [-0.2, -0.15) is 5.26 Å². The smallest absolute Gasteiger partial charge is 0.243 e. The molecule has 34 heavy (non-hydrogen) atoms. The first-order chi connectivity index (χ1) is 16.4. The van der Waals surface area contributed by atoms with Gasteiger partial charge in [-0.3, -0.25) is 9.59 Å². The molecule has 0 aliphatic carbocycles. The third kappa shape index (κ3) is 6.05. The van der Waals surface area contributed by atoms with Crippen LogP contribution in [0, 0.1) is 24.2 Å². The van der Waals surface area contributed by atoms with Crippen molar-refractivity contribution >= 4 is 11.8 Å². The summed E-state index contributed by atoms with van der Waals surface area (Å²) in [6.07, 6.45) is 4.22. The molecule has 2 atom stereocenters. The van der Waals surface area contributed by atoms with Crippen LogP contribution in [0.5, 0.6) is 0 Å². The SMILES string of the molecule is Cc1cccc(CNC(=O)[C@H]2CCCN2C(=O)CCCC[C@@](C#N)(c2ccccc2)C(C)C)c1. The highest BCUT2D eigenvalue weighted by Gasteiger charge is 2.36. The molecule has 180 valence electrons. The molecule has 1 saturated heterocycles. The maximum Gasteiger partial charge on any atom is 0.243 e. The third-order valence-electron chi connectivity index (χ3n) is 7.11. The normalized spacial score (nSPS) is 17.3. The van der Waals surface area contributed by atoms with E-state index in [9.17, 15) is 14.9 Å². The number of unbranched alkanes of at least 4 members (excludes halogenated alkanes) is 1. The Labute approximate surface area is 204 Å². The average Bonchev–Trinajstić information content (AvgIpc) is 3.33. The van der Waals surface area contributed by atoms with E-state index in [0.717, 1.165) is 42.4 Å². The van der Waals surface area contributed by atoms with E-state index in [0.29, 0.717) is 25.9 Å². The van der Waals surface area contributed by atoms with Gasteiger partial charge in [-0.05, 0) is 49.7 Å². The van der Waals surface area contributed by atoms with Crippen LogP contribution in [-0.4, -0.2) is 29.3 Å². The summed E-state index contributed by atoms with van der Waals surface area (Å²) in [4.78, 5) is 27.5. The maximum atomic E-state index is 13.0. The van der Waals surface area contributed by atoms with Crippen molar-refractivity contribution in [1.29, 1.82) is 5.26 Å². The van der Waals surface area contributed by atoms with Crippen molar-refractivity contribution in [3.63, 3.8) is 0 Å². The average molecular weight is 460 g/mol. The van der Waals surface area contributed by atoms with Gasteiger partial charge in [0.25, 0.3) is 0 Å². The number of likely N-dealkylation sites (tertiary alicyclic amines) is 1. The van der Waals surface area contributed by atoms with Crippen LogP contribution in [0.25, 0.3) is 0 Å². The molecule has 1 heterocycles. The first kappa shape index (κ1) is 25.5. The monoisotopic (exact) mass is 459 g/mol. The van der Waals surface area contributed by atoms with Crippen LogP contribution in [0.4, 0.5) is 0 Å². The zero-order valence-electron chi connectivity index (χ0n) is 20.7. The standard InChI is InChI=1S/C29H37N3O2/c1-22(2)29(21-30,25-13-5-4-6-14-25)17-8-7-16-27(33)32-18-10-15-26(32)28(34)31-20-24-12-9-11-23(3)19-24/h4-6,9,11-14,19,22,26H,7-8,10,15-18,20H2,1-3H3,(H,31,34)/t26-,29+/m1/s1. The number of hydrogen-bond donors (Lipinski definition) is 1. The van der Waals surface area contributed by atoms with E-state index in [1.165, 1.54) is 0 Å². The van der Waals surface area contributed by atoms with Crippen LogP contribution in [0.3, 0.4) is 0 Å². The van der Waals surface area contributed by atoms with Crippen molar-refractivity contribution in [2.45, 2.75) is 77.3 Å². The number of carbonyl (C=O) groups is 2. The van der Waals surface area contributed by atoms with E-state index in [4.69, 9.17) is 0 Å². The summed E-state index contributed by atoms with van der Waals surface area (Å²) in [6, 6.07) is 20.3. The van der Waals surface area contributed by atoms with Crippen molar-refractivity contribution in [2.24, 2.45) is 5.92 Å². The molecule has 0 radical (unpaired) electrons. The number of amides is 2. The summed E-state index contributed by atoms with van der Waals surface area (Å²) in [6.45, 7) is 7.32. The minimum Gasteiger partial charge on any atom is -0.350 e. The molecule has 2 aromatic rings. The first-order valence-corrected chi connectivity index (χ1v) is 12.5. The molecule has 1 aliphatic rings. The number of hydrogen-bond acceptors (Lipinski definition) is 3. The molecule has 0 saturated carbocycles. The highest BCUT2D eigenvalue weighted by molar-refractivity contribution is 5.88. The Morgan fingerprint density at radius 3 is 2.59 bits per heavy atom. The van der Waals surface area contributed by atoms with Gasteiger partial charge in [-0.1, -0.05) is 80.4 Å².